The Bertz CT molecular complexity index is 916. The number of halogens is 1. The standard InChI is InChI=1S/C16H16BrN7O2/c17-12-2-1-3-13(8-12)24-10-11(9-18-24)14(25)23-6-4-16(26,5-7-23)15-19-21-22-20-15/h1-3,8-10,26H,4-7H2,(H,19,20,21,22). The van der Waals surface area contributed by atoms with Gasteiger partial charge in [-0.1, -0.05) is 27.2 Å². The van der Waals surface area contributed by atoms with Crippen molar-refractivity contribution in [2.24, 2.45) is 0 Å². The van der Waals surface area contributed by atoms with E-state index in [2.05, 4.69) is 41.7 Å². The van der Waals surface area contributed by atoms with Crippen LogP contribution < -0.4 is 0 Å². The van der Waals surface area contributed by atoms with E-state index in [-0.39, 0.29) is 11.7 Å². The number of carbonyl (C=O) groups excluding carboxylic acids is 1. The molecule has 3 heterocycles. The molecule has 1 saturated heterocycles. The first-order chi connectivity index (χ1) is 12.5. The Morgan fingerprint density at radius 3 is 2.81 bits per heavy atom. The third-order valence-corrected chi connectivity index (χ3v) is 5.03. The summed E-state index contributed by atoms with van der Waals surface area (Å²) in [6, 6.07) is 7.68. The van der Waals surface area contributed by atoms with Crippen molar-refractivity contribution in [1.82, 2.24) is 35.3 Å². The fourth-order valence-corrected chi connectivity index (χ4v) is 3.43. The van der Waals surface area contributed by atoms with Crippen molar-refractivity contribution in [3.63, 3.8) is 0 Å². The number of hydrogen-bond donors (Lipinski definition) is 2. The number of aromatic nitrogens is 6. The summed E-state index contributed by atoms with van der Waals surface area (Å²) in [5.74, 6) is 0.161. The number of likely N-dealkylation sites (tertiary alicyclic amines) is 1. The third-order valence-electron chi connectivity index (χ3n) is 4.54. The Labute approximate surface area is 157 Å². The topological polar surface area (TPSA) is 113 Å². The van der Waals surface area contributed by atoms with Crippen molar-refractivity contribution >= 4 is 21.8 Å². The minimum absolute atomic E-state index is 0.110. The molecule has 0 saturated carbocycles. The summed E-state index contributed by atoms with van der Waals surface area (Å²) in [4.78, 5) is 14.4. The predicted molar refractivity (Wildman–Crippen MR) is 94.5 cm³/mol. The van der Waals surface area contributed by atoms with Gasteiger partial charge in [0.15, 0.2) is 0 Å². The normalized spacial score (nSPS) is 16.6. The van der Waals surface area contributed by atoms with Crippen LogP contribution in [0, 0.1) is 0 Å². The van der Waals surface area contributed by atoms with Crippen LogP contribution in [0.25, 0.3) is 5.69 Å². The van der Waals surface area contributed by atoms with Gasteiger partial charge in [-0.25, -0.2) is 4.68 Å². The first kappa shape index (κ1) is 16.9. The van der Waals surface area contributed by atoms with Crippen LogP contribution in [0.4, 0.5) is 0 Å². The zero-order chi connectivity index (χ0) is 18.1. The molecule has 0 bridgehead atoms. The van der Waals surface area contributed by atoms with Gasteiger partial charge in [-0.3, -0.25) is 4.79 Å². The van der Waals surface area contributed by atoms with E-state index in [4.69, 9.17) is 0 Å². The van der Waals surface area contributed by atoms with E-state index in [0.29, 0.717) is 31.5 Å². The van der Waals surface area contributed by atoms with Crippen LogP contribution in [-0.4, -0.2) is 59.4 Å². The number of rotatable bonds is 3. The number of amides is 1. The minimum atomic E-state index is -1.15. The summed E-state index contributed by atoms with van der Waals surface area (Å²) in [5, 5.41) is 28.5. The molecule has 0 aliphatic carbocycles. The number of nitrogens with one attached hydrogen (secondary N) is 1. The van der Waals surface area contributed by atoms with E-state index >= 15 is 0 Å². The number of hydrogen-bond acceptors (Lipinski definition) is 6. The van der Waals surface area contributed by atoms with Crippen molar-refractivity contribution in [3.05, 3.63) is 52.5 Å². The molecule has 1 aliphatic heterocycles. The Morgan fingerprint density at radius 1 is 1.31 bits per heavy atom. The Hall–Kier alpha value is -2.59. The number of benzene rings is 1. The van der Waals surface area contributed by atoms with Gasteiger partial charge in [-0.05, 0) is 18.2 Å². The molecular weight excluding hydrogens is 402 g/mol. The number of H-pyrrole nitrogens is 1. The molecule has 1 fully saturated rings. The average molecular weight is 418 g/mol. The molecular formula is C16H16BrN7O2. The predicted octanol–water partition coefficient (Wildman–Crippen LogP) is 1.27. The van der Waals surface area contributed by atoms with Crippen LogP contribution in [0.1, 0.15) is 29.0 Å². The number of piperidine rings is 1. The minimum Gasteiger partial charge on any atom is -0.382 e. The van der Waals surface area contributed by atoms with Gasteiger partial charge in [0.1, 0.15) is 5.60 Å². The van der Waals surface area contributed by atoms with Gasteiger partial charge in [0.05, 0.1) is 17.4 Å². The number of carbonyl (C=O) groups is 1. The van der Waals surface area contributed by atoms with Crippen LogP contribution in [0.3, 0.4) is 0 Å². The van der Waals surface area contributed by atoms with Gasteiger partial charge < -0.3 is 10.0 Å². The van der Waals surface area contributed by atoms with Gasteiger partial charge in [-0.15, -0.1) is 10.2 Å². The number of nitrogens with zero attached hydrogens (tertiary/aromatic N) is 6. The van der Waals surface area contributed by atoms with Gasteiger partial charge in [0, 0.05) is 36.6 Å². The summed E-state index contributed by atoms with van der Waals surface area (Å²) < 4.78 is 2.60. The molecule has 134 valence electrons. The number of aromatic amines is 1. The third kappa shape index (κ3) is 3.13. The van der Waals surface area contributed by atoms with Gasteiger partial charge in [-0.2, -0.15) is 10.3 Å². The number of tetrazole rings is 1. The largest absolute Gasteiger partial charge is 0.382 e. The first-order valence-electron chi connectivity index (χ1n) is 8.11. The van der Waals surface area contributed by atoms with Gasteiger partial charge >= 0.3 is 0 Å². The molecule has 0 spiro atoms. The molecule has 26 heavy (non-hydrogen) atoms. The van der Waals surface area contributed by atoms with Crippen LogP contribution in [0.15, 0.2) is 41.1 Å². The Morgan fingerprint density at radius 2 is 2.12 bits per heavy atom. The summed E-state index contributed by atoms with van der Waals surface area (Å²) in [7, 11) is 0. The molecule has 0 unspecified atom stereocenters. The second kappa shape index (κ2) is 6.61. The molecule has 1 aromatic carbocycles. The second-order valence-corrected chi connectivity index (χ2v) is 7.13. The Kier molecular flexibility index (Phi) is 4.29. The zero-order valence-corrected chi connectivity index (χ0v) is 15.3. The fraction of sp³-hybridized carbons (Fsp3) is 0.312. The molecule has 4 rings (SSSR count). The highest BCUT2D eigenvalue weighted by atomic mass is 79.9. The SMILES string of the molecule is O=C(c1cnn(-c2cccc(Br)c2)c1)N1CCC(O)(c2nn[nH]n2)CC1. The van der Waals surface area contributed by atoms with E-state index in [1.807, 2.05) is 24.3 Å². The average Bonchev–Trinajstić information content (AvgIpc) is 3.34. The molecule has 2 aromatic heterocycles. The van der Waals surface area contributed by atoms with Gasteiger partial charge in [0.2, 0.25) is 5.82 Å². The molecule has 1 aliphatic rings. The molecule has 3 aromatic rings. The molecule has 1 amide bonds. The van der Waals surface area contributed by atoms with E-state index in [9.17, 15) is 9.90 Å². The van der Waals surface area contributed by atoms with Crippen LogP contribution in [0.5, 0.6) is 0 Å². The zero-order valence-electron chi connectivity index (χ0n) is 13.7. The molecule has 0 radical (unpaired) electrons. The van der Waals surface area contributed by atoms with Crippen molar-refractivity contribution in [3.8, 4) is 5.69 Å². The van der Waals surface area contributed by atoms with Crippen molar-refractivity contribution in [1.29, 1.82) is 0 Å². The van der Waals surface area contributed by atoms with Crippen LogP contribution in [0.2, 0.25) is 0 Å². The number of aliphatic hydroxyl groups is 1. The van der Waals surface area contributed by atoms with Crippen LogP contribution >= 0.6 is 15.9 Å². The van der Waals surface area contributed by atoms with E-state index in [0.717, 1.165) is 10.2 Å². The summed E-state index contributed by atoms with van der Waals surface area (Å²) in [6.45, 7) is 0.817. The maximum Gasteiger partial charge on any atom is 0.257 e. The molecule has 0 atom stereocenters. The lowest BCUT2D eigenvalue weighted by molar-refractivity contribution is -0.0279. The Balaban J connectivity index is 1.46. The summed E-state index contributed by atoms with van der Waals surface area (Å²) in [6.07, 6.45) is 3.99. The smallest absolute Gasteiger partial charge is 0.257 e. The first-order valence-corrected chi connectivity index (χ1v) is 8.91. The van der Waals surface area contributed by atoms with Gasteiger partial charge in [0.25, 0.3) is 5.91 Å². The fourth-order valence-electron chi connectivity index (χ4n) is 3.04. The summed E-state index contributed by atoms with van der Waals surface area (Å²) in [5.41, 5.74) is 0.225. The molecule has 2 N–H and O–H groups in total. The quantitative estimate of drug-likeness (QED) is 0.663. The van der Waals surface area contributed by atoms with Crippen LogP contribution in [-0.2, 0) is 5.60 Å². The lowest BCUT2D eigenvalue weighted by Crippen LogP contribution is -2.45. The highest BCUT2D eigenvalue weighted by Gasteiger charge is 2.39. The lowest BCUT2D eigenvalue weighted by Gasteiger charge is -2.35. The van der Waals surface area contributed by atoms with Crippen molar-refractivity contribution in [2.75, 3.05) is 13.1 Å². The summed E-state index contributed by atoms with van der Waals surface area (Å²) >= 11 is 3.43. The lowest BCUT2D eigenvalue weighted by atomic mass is 9.90. The highest BCUT2D eigenvalue weighted by Crippen LogP contribution is 2.30. The van der Waals surface area contributed by atoms with Crippen molar-refractivity contribution < 1.29 is 9.90 Å². The molecule has 10 heteroatoms. The maximum absolute atomic E-state index is 12.7. The highest BCUT2D eigenvalue weighted by molar-refractivity contribution is 9.10. The van der Waals surface area contributed by atoms with Crippen molar-refractivity contribution in [2.45, 2.75) is 18.4 Å². The second-order valence-electron chi connectivity index (χ2n) is 6.21. The monoisotopic (exact) mass is 417 g/mol. The van der Waals surface area contributed by atoms with E-state index in [1.54, 1.807) is 22.0 Å². The maximum atomic E-state index is 12.7. The van der Waals surface area contributed by atoms with E-state index in [1.165, 1.54) is 0 Å². The van der Waals surface area contributed by atoms with E-state index < -0.39 is 5.60 Å². The molecule has 9 nitrogen and oxygen atoms in total.